The molecule has 5 rings (SSSR count). The molecule has 33 heavy (non-hydrogen) atoms. The lowest BCUT2D eigenvalue weighted by molar-refractivity contribution is 0.0662. The molecule has 7 heteroatoms. The van der Waals surface area contributed by atoms with Crippen LogP contribution in [0.1, 0.15) is 56.7 Å². The maximum Gasteiger partial charge on any atom is 0.275 e. The van der Waals surface area contributed by atoms with Gasteiger partial charge in [0.1, 0.15) is 22.9 Å². The molecular formula is C26H33N3O3S. The molecule has 3 aromatic rings. The molecule has 1 aromatic carbocycles. The van der Waals surface area contributed by atoms with Crippen molar-refractivity contribution in [3.63, 3.8) is 0 Å². The molecule has 2 aliphatic heterocycles. The zero-order valence-electron chi connectivity index (χ0n) is 19.4. The van der Waals surface area contributed by atoms with Crippen LogP contribution in [0.25, 0.3) is 15.9 Å². The van der Waals surface area contributed by atoms with Gasteiger partial charge >= 0.3 is 0 Å². The fraction of sp³-hybridized carbons (Fsp3) is 0.538. The number of thiophene rings is 1. The number of fused-ring (bicyclic) bond motifs is 3. The number of aryl methyl sites for hydroxylation is 1. The second-order valence-corrected chi connectivity index (χ2v) is 10.7. The van der Waals surface area contributed by atoms with E-state index >= 15 is 0 Å². The van der Waals surface area contributed by atoms with Gasteiger partial charge in [0.2, 0.25) is 0 Å². The average Bonchev–Trinajstić information content (AvgIpc) is 3.30. The van der Waals surface area contributed by atoms with E-state index in [0.29, 0.717) is 16.8 Å². The summed E-state index contributed by atoms with van der Waals surface area (Å²) in [5.41, 5.74) is 1.47. The first-order valence-corrected chi connectivity index (χ1v) is 13.0. The second kappa shape index (κ2) is 9.57. The summed E-state index contributed by atoms with van der Waals surface area (Å²) in [5, 5.41) is 10.0. The van der Waals surface area contributed by atoms with E-state index in [-0.39, 0.29) is 17.8 Å². The number of piperidine rings is 1. The molecule has 0 aliphatic carbocycles. The van der Waals surface area contributed by atoms with Gasteiger partial charge in [-0.15, -0.1) is 11.3 Å². The van der Waals surface area contributed by atoms with Crippen LogP contribution in [0.15, 0.2) is 41.5 Å². The van der Waals surface area contributed by atoms with Crippen LogP contribution in [0.2, 0.25) is 0 Å². The Morgan fingerprint density at radius 2 is 1.91 bits per heavy atom. The summed E-state index contributed by atoms with van der Waals surface area (Å²) in [6, 6.07) is 11.1. The Balaban J connectivity index is 1.28. The predicted octanol–water partition coefficient (Wildman–Crippen LogP) is 4.54. The maximum absolute atomic E-state index is 13.1. The van der Waals surface area contributed by atoms with Crippen molar-refractivity contribution in [3.8, 4) is 11.4 Å². The van der Waals surface area contributed by atoms with E-state index in [1.54, 1.807) is 10.9 Å². The Kier molecular flexibility index (Phi) is 6.54. The van der Waals surface area contributed by atoms with Gasteiger partial charge in [0.25, 0.3) is 5.56 Å². The van der Waals surface area contributed by atoms with Crippen molar-refractivity contribution in [1.29, 1.82) is 0 Å². The maximum atomic E-state index is 13.1. The van der Waals surface area contributed by atoms with Gasteiger partial charge in [-0.2, -0.15) is 0 Å². The van der Waals surface area contributed by atoms with Gasteiger partial charge < -0.3 is 14.7 Å². The lowest BCUT2D eigenvalue weighted by Gasteiger charge is -2.36. The highest BCUT2D eigenvalue weighted by Gasteiger charge is 2.39. The lowest BCUT2D eigenvalue weighted by Crippen LogP contribution is -2.43. The smallest absolute Gasteiger partial charge is 0.275 e. The minimum atomic E-state index is -0.282. The normalized spacial score (nSPS) is 23.8. The van der Waals surface area contributed by atoms with Gasteiger partial charge in [0, 0.05) is 17.0 Å². The number of aliphatic hydroxyl groups excluding tert-OH is 1. The summed E-state index contributed by atoms with van der Waals surface area (Å²) in [6.45, 7) is 2.08. The molecule has 2 aromatic heterocycles. The number of aromatic nitrogens is 2. The highest BCUT2D eigenvalue weighted by atomic mass is 32.1. The van der Waals surface area contributed by atoms with Crippen molar-refractivity contribution >= 4 is 21.6 Å². The van der Waals surface area contributed by atoms with Crippen LogP contribution in [0.4, 0.5) is 0 Å². The third-order valence-electron chi connectivity index (χ3n) is 7.31. The van der Waals surface area contributed by atoms with Crippen LogP contribution in [0.5, 0.6) is 5.75 Å². The molecule has 4 atom stereocenters. The van der Waals surface area contributed by atoms with Gasteiger partial charge in [-0.25, -0.2) is 4.98 Å². The molecule has 2 saturated heterocycles. The summed E-state index contributed by atoms with van der Waals surface area (Å²) >= 11 is 1.49. The Hall–Kier alpha value is -2.22. The van der Waals surface area contributed by atoms with E-state index in [4.69, 9.17) is 4.74 Å². The highest BCUT2D eigenvalue weighted by Crippen LogP contribution is 2.36. The second-order valence-electron chi connectivity index (χ2n) is 9.58. The first kappa shape index (κ1) is 22.6. The molecule has 4 heterocycles. The third kappa shape index (κ3) is 4.72. The average molecular weight is 468 g/mol. The number of rotatable bonds is 8. The zero-order chi connectivity index (χ0) is 22.9. The van der Waals surface area contributed by atoms with Crippen LogP contribution < -0.4 is 10.3 Å². The van der Waals surface area contributed by atoms with E-state index in [1.807, 2.05) is 30.3 Å². The van der Waals surface area contributed by atoms with Crippen molar-refractivity contribution in [3.05, 3.63) is 51.9 Å². The Bertz CT molecular complexity index is 1140. The van der Waals surface area contributed by atoms with E-state index in [1.165, 1.54) is 24.2 Å². The number of aliphatic hydroxyl groups is 1. The quantitative estimate of drug-likeness (QED) is 0.527. The molecule has 2 bridgehead atoms. The molecule has 176 valence electrons. The van der Waals surface area contributed by atoms with Crippen molar-refractivity contribution in [2.45, 2.75) is 82.6 Å². The molecular weight excluding hydrogens is 434 g/mol. The highest BCUT2D eigenvalue weighted by molar-refractivity contribution is 7.18. The Labute approximate surface area is 198 Å². The van der Waals surface area contributed by atoms with Crippen LogP contribution in [0.3, 0.4) is 0 Å². The van der Waals surface area contributed by atoms with Gasteiger partial charge in [0.15, 0.2) is 0 Å². The summed E-state index contributed by atoms with van der Waals surface area (Å²) in [7, 11) is 2.24. The van der Waals surface area contributed by atoms with Crippen LogP contribution in [-0.2, 0) is 6.42 Å². The first-order chi connectivity index (χ1) is 16.0. The molecule has 1 N–H and O–H groups in total. The molecule has 2 aliphatic rings. The van der Waals surface area contributed by atoms with Crippen molar-refractivity contribution in [2.75, 3.05) is 7.05 Å². The zero-order valence-corrected chi connectivity index (χ0v) is 20.3. The number of benzene rings is 1. The standard InChI is InChI=1S/C26H33N3O3S/c1-3-4-20(30)9-12-23-15-24-25(33-23)26(31)29(16-27-24)17-7-10-21(11-8-17)32-22-13-18-5-6-19(14-22)28(18)2/h7-8,10-11,15-16,18-20,22,30H,3-6,9,12-14H2,1-2H3/t18-,19+,20?,22?. The molecule has 2 unspecified atom stereocenters. The number of hydrogen-bond donors (Lipinski definition) is 1. The van der Waals surface area contributed by atoms with Crippen LogP contribution in [-0.4, -0.2) is 50.9 Å². The Morgan fingerprint density at radius 3 is 2.61 bits per heavy atom. The SMILES string of the molecule is CCCC(O)CCc1cc2ncn(-c3ccc(OC4C[C@H]5CC[C@@H](C4)N5C)cc3)c(=O)c2s1. The minimum Gasteiger partial charge on any atom is -0.490 e. The van der Waals surface area contributed by atoms with Gasteiger partial charge in [-0.1, -0.05) is 13.3 Å². The number of nitrogens with zero attached hydrogens (tertiary/aromatic N) is 3. The molecule has 0 spiro atoms. The van der Waals surface area contributed by atoms with Crippen LogP contribution in [0, 0.1) is 0 Å². The summed E-state index contributed by atoms with van der Waals surface area (Å²) in [5.74, 6) is 0.860. The largest absolute Gasteiger partial charge is 0.490 e. The third-order valence-corrected chi connectivity index (χ3v) is 8.48. The first-order valence-electron chi connectivity index (χ1n) is 12.2. The van der Waals surface area contributed by atoms with E-state index in [2.05, 4.69) is 23.9 Å². The van der Waals surface area contributed by atoms with E-state index in [0.717, 1.165) is 60.4 Å². The monoisotopic (exact) mass is 467 g/mol. The number of hydrogen-bond acceptors (Lipinski definition) is 6. The van der Waals surface area contributed by atoms with E-state index < -0.39 is 0 Å². The topological polar surface area (TPSA) is 67.6 Å². The summed E-state index contributed by atoms with van der Waals surface area (Å²) in [4.78, 5) is 21.3. The molecule has 6 nitrogen and oxygen atoms in total. The van der Waals surface area contributed by atoms with Crippen molar-refractivity contribution in [2.24, 2.45) is 0 Å². The molecule has 0 radical (unpaired) electrons. The number of ether oxygens (including phenoxy) is 1. The predicted molar refractivity (Wildman–Crippen MR) is 133 cm³/mol. The lowest BCUT2D eigenvalue weighted by atomic mass is 10.0. The van der Waals surface area contributed by atoms with Gasteiger partial charge in [0.05, 0.1) is 17.3 Å². The van der Waals surface area contributed by atoms with Gasteiger partial charge in [-0.3, -0.25) is 9.36 Å². The fourth-order valence-electron chi connectivity index (χ4n) is 5.39. The van der Waals surface area contributed by atoms with Crippen molar-refractivity contribution in [1.82, 2.24) is 14.5 Å². The minimum absolute atomic E-state index is 0.0501. The fourth-order valence-corrected chi connectivity index (χ4v) is 6.45. The Morgan fingerprint density at radius 1 is 1.18 bits per heavy atom. The summed E-state index contributed by atoms with van der Waals surface area (Å²) < 4.78 is 8.57. The van der Waals surface area contributed by atoms with Crippen LogP contribution >= 0.6 is 11.3 Å². The molecule has 0 saturated carbocycles. The summed E-state index contributed by atoms with van der Waals surface area (Å²) in [6.07, 6.45) is 9.61. The molecule has 0 amide bonds. The van der Waals surface area contributed by atoms with Gasteiger partial charge in [-0.05, 0) is 82.3 Å². The van der Waals surface area contributed by atoms with Crippen molar-refractivity contribution < 1.29 is 9.84 Å². The molecule has 2 fully saturated rings. The van der Waals surface area contributed by atoms with E-state index in [9.17, 15) is 9.90 Å².